The lowest BCUT2D eigenvalue weighted by Crippen LogP contribution is -2.36. The van der Waals surface area contributed by atoms with E-state index in [1.165, 1.54) is 5.69 Å². The van der Waals surface area contributed by atoms with Crippen molar-refractivity contribution in [2.75, 3.05) is 31.6 Å². The minimum absolute atomic E-state index is 0.0312. The van der Waals surface area contributed by atoms with Gasteiger partial charge < -0.3 is 9.80 Å². The fourth-order valence-corrected chi connectivity index (χ4v) is 4.81. The maximum atomic E-state index is 12.4. The van der Waals surface area contributed by atoms with Crippen LogP contribution in [-0.2, 0) is 6.42 Å². The molecule has 5 heterocycles. The van der Waals surface area contributed by atoms with Gasteiger partial charge in [0.25, 0.3) is 5.92 Å². The van der Waals surface area contributed by atoms with E-state index in [9.17, 15) is 8.78 Å². The zero-order valence-electron chi connectivity index (χ0n) is 24.4. The molecule has 0 amide bonds. The maximum Gasteiger partial charge on any atom is 0.250 e. The van der Waals surface area contributed by atoms with Crippen LogP contribution in [0.4, 0.5) is 14.6 Å². The van der Waals surface area contributed by atoms with Crippen molar-refractivity contribution in [3.8, 4) is 5.69 Å². The smallest absolute Gasteiger partial charge is 0.250 e. The first-order valence-electron chi connectivity index (χ1n) is 14.3. The molecule has 2 fully saturated rings. The zero-order chi connectivity index (χ0) is 28.6. The molecule has 5 nitrogen and oxygen atoms in total. The third kappa shape index (κ3) is 7.98. The number of likely N-dealkylation sites (tertiary alicyclic amines) is 1. The number of rotatable bonds is 6. The van der Waals surface area contributed by atoms with Gasteiger partial charge in [-0.15, -0.1) is 0 Å². The molecule has 0 bridgehead atoms. The van der Waals surface area contributed by atoms with E-state index in [1.807, 2.05) is 44.3 Å². The third-order valence-corrected chi connectivity index (χ3v) is 7.17. The fraction of sp³-hybridized carbons (Fsp3) is 0.500. The van der Waals surface area contributed by atoms with E-state index in [2.05, 4.69) is 60.7 Å². The Morgan fingerprint density at radius 1 is 1.05 bits per heavy atom. The van der Waals surface area contributed by atoms with Crippen LogP contribution in [0.2, 0.25) is 0 Å². The van der Waals surface area contributed by atoms with Crippen LogP contribution in [0.1, 0.15) is 71.1 Å². The van der Waals surface area contributed by atoms with Gasteiger partial charge in [-0.3, -0.25) is 4.57 Å². The summed E-state index contributed by atoms with van der Waals surface area (Å²) in [5.74, 6) is -0.745. The summed E-state index contributed by atoms with van der Waals surface area (Å²) < 4.78 is 27.0. The first-order valence-corrected chi connectivity index (χ1v) is 14.3. The fourth-order valence-electron chi connectivity index (χ4n) is 4.81. The van der Waals surface area contributed by atoms with Crippen LogP contribution >= 0.6 is 0 Å². The van der Waals surface area contributed by atoms with Crippen LogP contribution in [-0.4, -0.2) is 52.0 Å². The number of pyridine rings is 2. The lowest BCUT2D eigenvalue weighted by Gasteiger charge is -2.28. The molecule has 2 saturated heterocycles. The van der Waals surface area contributed by atoms with Crippen molar-refractivity contribution < 1.29 is 8.78 Å². The van der Waals surface area contributed by atoms with Gasteiger partial charge in [-0.05, 0) is 68.5 Å². The van der Waals surface area contributed by atoms with Gasteiger partial charge in [0.1, 0.15) is 11.5 Å². The number of hydrogen-bond donors (Lipinski definition) is 0. The molecule has 0 aliphatic carbocycles. The molecule has 0 aromatic carbocycles. The van der Waals surface area contributed by atoms with Crippen molar-refractivity contribution in [2.45, 2.75) is 72.1 Å². The molecule has 3 aromatic heterocycles. The van der Waals surface area contributed by atoms with Gasteiger partial charge in [-0.1, -0.05) is 46.9 Å². The summed E-state index contributed by atoms with van der Waals surface area (Å²) in [6.07, 6.45) is 10.1. The molecule has 39 heavy (non-hydrogen) atoms. The normalized spacial score (nSPS) is 17.0. The summed E-state index contributed by atoms with van der Waals surface area (Å²) in [6.45, 7) is 18.6. The highest BCUT2D eigenvalue weighted by molar-refractivity contribution is 5.81. The van der Waals surface area contributed by atoms with Crippen molar-refractivity contribution in [1.82, 2.24) is 19.4 Å². The monoisotopic (exact) mass is 537 g/mol. The summed E-state index contributed by atoms with van der Waals surface area (Å²) in [5.41, 5.74) is 5.51. The SMILES string of the molecule is C=Cc1cnc2c(c1)cc(CCC(C)C)n2-c1ccc(N2CCCC2=C)nc1.CC.CN1CCC(F)(F)CC1. The molecule has 0 radical (unpaired) electrons. The second kappa shape index (κ2) is 13.8. The van der Waals surface area contributed by atoms with Gasteiger partial charge in [0.2, 0.25) is 0 Å². The van der Waals surface area contributed by atoms with Crippen LogP contribution in [0.3, 0.4) is 0 Å². The number of piperidine rings is 1. The highest BCUT2D eigenvalue weighted by Gasteiger charge is 2.32. The first kappa shape index (κ1) is 30.5. The molecule has 2 aliphatic rings. The summed E-state index contributed by atoms with van der Waals surface area (Å²) in [6, 6.07) is 8.66. The lowest BCUT2D eigenvalue weighted by atomic mass is 10.1. The maximum absolute atomic E-state index is 12.4. The predicted octanol–water partition coefficient (Wildman–Crippen LogP) is 8.14. The molecule has 0 unspecified atom stereocenters. The van der Waals surface area contributed by atoms with Crippen LogP contribution in [0.15, 0.2) is 55.5 Å². The van der Waals surface area contributed by atoms with Gasteiger partial charge in [-0.2, -0.15) is 0 Å². The number of nitrogens with zero attached hydrogens (tertiary/aromatic N) is 5. The molecule has 212 valence electrons. The van der Waals surface area contributed by atoms with E-state index in [0.717, 1.165) is 66.0 Å². The zero-order valence-corrected chi connectivity index (χ0v) is 24.4. The summed E-state index contributed by atoms with van der Waals surface area (Å²) >= 11 is 0. The van der Waals surface area contributed by atoms with E-state index in [-0.39, 0.29) is 12.8 Å². The van der Waals surface area contributed by atoms with E-state index in [0.29, 0.717) is 19.0 Å². The number of anilines is 1. The topological polar surface area (TPSA) is 37.2 Å². The van der Waals surface area contributed by atoms with Crippen molar-refractivity contribution in [3.05, 3.63) is 66.8 Å². The van der Waals surface area contributed by atoms with Crippen molar-refractivity contribution in [3.63, 3.8) is 0 Å². The molecule has 0 saturated carbocycles. The number of halogens is 2. The van der Waals surface area contributed by atoms with Crippen LogP contribution in [0, 0.1) is 5.92 Å². The van der Waals surface area contributed by atoms with Gasteiger partial charge in [-0.25, -0.2) is 18.7 Å². The average molecular weight is 538 g/mol. The second-order valence-corrected chi connectivity index (χ2v) is 10.6. The Kier molecular flexibility index (Phi) is 10.8. The number of allylic oxidation sites excluding steroid dienone is 1. The highest BCUT2D eigenvalue weighted by atomic mass is 19.3. The van der Waals surface area contributed by atoms with E-state index >= 15 is 0 Å². The van der Waals surface area contributed by atoms with Crippen molar-refractivity contribution >= 4 is 22.9 Å². The molecule has 3 aromatic rings. The Bertz CT molecular complexity index is 1220. The summed E-state index contributed by atoms with van der Waals surface area (Å²) in [7, 11) is 1.87. The second-order valence-electron chi connectivity index (χ2n) is 10.6. The summed E-state index contributed by atoms with van der Waals surface area (Å²) in [4.78, 5) is 13.6. The van der Waals surface area contributed by atoms with E-state index in [4.69, 9.17) is 9.97 Å². The predicted molar refractivity (Wildman–Crippen MR) is 161 cm³/mol. The van der Waals surface area contributed by atoms with Crippen LogP contribution < -0.4 is 4.90 Å². The van der Waals surface area contributed by atoms with Gasteiger partial charge in [0.05, 0.1) is 11.9 Å². The Balaban J connectivity index is 0.000000322. The number of alkyl halides is 2. The Morgan fingerprint density at radius 2 is 1.77 bits per heavy atom. The highest BCUT2D eigenvalue weighted by Crippen LogP contribution is 2.29. The van der Waals surface area contributed by atoms with Crippen LogP contribution in [0.5, 0.6) is 0 Å². The molecule has 0 spiro atoms. The number of aromatic nitrogens is 3. The minimum atomic E-state index is -2.38. The Morgan fingerprint density at radius 3 is 2.31 bits per heavy atom. The van der Waals surface area contributed by atoms with E-state index < -0.39 is 5.92 Å². The Labute approximate surface area is 233 Å². The van der Waals surface area contributed by atoms with Crippen molar-refractivity contribution in [2.24, 2.45) is 5.92 Å². The van der Waals surface area contributed by atoms with Gasteiger partial charge >= 0.3 is 0 Å². The first-order chi connectivity index (χ1) is 18.7. The number of hydrogen-bond acceptors (Lipinski definition) is 4. The third-order valence-electron chi connectivity index (χ3n) is 7.17. The quantitative estimate of drug-likeness (QED) is 0.318. The molecule has 0 N–H and O–H groups in total. The largest absolute Gasteiger partial charge is 0.331 e. The molecule has 2 aliphatic heterocycles. The van der Waals surface area contributed by atoms with Crippen LogP contribution in [0.25, 0.3) is 22.8 Å². The lowest BCUT2D eigenvalue weighted by molar-refractivity contribution is -0.0504. The molecular formula is C32H45F2N5. The average Bonchev–Trinajstić information content (AvgIpc) is 3.53. The molecular weight excluding hydrogens is 492 g/mol. The number of fused-ring (bicyclic) bond motifs is 1. The minimum Gasteiger partial charge on any atom is -0.331 e. The molecule has 0 atom stereocenters. The molecule has 7 heteroatoms. The standard InChI is InChI=1S/C24H28N4.C6H11F2N.C2H6/c1-5-19-13-20-14-21(9-8-17(2)3)28(24(20)26-15-19)22-10-11-23(25-16-22)27-12-6-7-18(27)4;1-9-4-2-6(7,8)3-5-9;1-2/h5,10-11,13-17H,1,4,6-9,12H2,2-3H3;2-5H2,1H3;1-2H3. The Hall–Kier alpha value is -3.06. The van der Waals surface area contributed by atoms with Crippen molar-refractivity contribution in [1.29, 1.82) is 0 Å². The summed E-state index contributed by atoms with van der Waals surface area (Å²) in [5, 5.41) is 1.15. The van der Waals surface area contributed by atoms with Gasteiger partial charge in [0.15, 0.2) is 0 Å². The van der Waals surface area contributed by atoms with Gasteiger partial charge in [0, 0.05) is 55.4 Å². The molecule has 5 rings (SSSR count). The number of aryl methyl sites for hydroxylation is 1. The van der Waals surface area contributed by atoms with E-state index in [1.54, 1.807) is 0 Å².